The van der Waals surface area contributed by atoms with Crippen LogP contribution in [0.5, 0.6) is 11.5 Å². The van der Waals surface area contributed by atoms with Gasteiger partial charge in [0.15, 0.2) is 11.5 Å². The maximum Gasteiger partial charge on any atom is 0.256 e. The molecule has 9 heteroatoms. The summed E-state index contributed by atoms with van der Waals surface area (Å²) in [6.07, 6.45) is 1.60. The van der Waals surface area contributed by atoms with E-state index in [2.05, 4.69) is 10.3 Å². The van der Waals surface area contributed by atoms with Crippen LogP contribution in [0, 0.1) is 0 Å². The van der Waals surface area contributed by atoms with Crippen molar-refractivity contribution in [3.05, 3.63) is 71.8 Å². The number of aliphatic hydroxyl groups excluding tert-OH is 1. The summed E-state index contributed by atoms with van der Waals surface area (Å²) >= 11 is 0. The Labute approximate surface area is 218 Å². The number of aliphatic imine (C=N–C) groups is 1. The molecule has 4 aromatic rings. The molecule has 6 rings (SSSR count). The van der Waals surface area contributed by atoms with Gasteiger partial charge in [-0.3, -0.25) is 14.6 Å². The first kappa shape index (κ1) is 23.9. The first-order valence-corrected chi connectivity index (χ1v) is 12.5. The van der Waals surface area contributed by atoms with Crippen LogP contribution in [-0.4, -0.2) is 72.0 Å². The number of benzene rings is 3. The van der Waals surface area contributed by atoms with Crippen molar-refractivity contribution in [3.63, 3.8) is 0 Å². The second kappa shape index (κ2) is 9.75. The van der Waals surface area contributed by atoms with E-state index in [0.29, 0.717) is 40.3 Å². The van der Waals surface area contributed by atoms with Gasteiger partial charge >= 0.3 is 0 Å². The fraction of sp³-hybridized carbons (Fsp3) is 0.241. The van der Waals surface area contributed by atoms with E-state index in [4.69, 9.17) is 14.5 Å². The lowest BCUT2D eigenvalue weighted by Gasteiger charge is -2.20. The first-order chi connectivity index (χ1) is 18.5. The average Bonchev–Trinajstić information content (AvgIpc) is 3.27. The Morgan fingerprint density at radius 3 is 2.82 bits per heavy atom. The number of fused-ring (bicyclic) bond motifs is 4. The lowest BCUT2D eigenvalue weighted by Crippen LogP contribution is -2.35. The highest BCUT2D eigenvalue weighted by Gasteiger charge is 2.36. The number of methoxy groups -OCH3 is 1. The smallest absolute Gasteiger partial charge is 0.256 e. The van der Waals surface area contributed by atoms with Crippen molar-refractivity contribution in [1.82, 2.24) is 15.2 Å². The zero-order chi connectivity index (χ0) is 26.2. The second-order valence-corrected chi connectivity index (χ2v) is 9.38. The molecule has 0 spiro atoms. The lowest BCUT2D eigenvalue weighted by molar-refractivity contribution is 0.0749. The van der Waals surface area contributed by atoms with Crippen molar-refractivity contribution in [3.8, 4) is 11.5 Å². The first-order valence-electron chi connectivity index (χ1n) is 12.5. The van der Waals surface area contributed by atoms with Gasteiger partial charge in [-0.05, 0) is 24.3 Å². The summed E-state index contributed by atoms with van der Waals surface area (Å²) in [5, 5.41) is 14.8. The van der Waals surface area contributed by atoms with Crippen LogP contribution < -0.4 is 14.8 Å². The number of hydrogen-bond acceptors (Lipinski definition) is 7. The zero-order valence-corrected chi connectivity index (χ0v) is 20.8. The minimum atomic E-state index is -0.555. The Morgan fingerprint density at radius 2 is 1.95 bits per heavy atom. The normalized spacial score (nSPS) is 18.3. The molecule has 0 unspecified atom stereocenters. The summed E-state index contributed by atoms with van der Waals surface area (Å²) in [6.45, 7) is 0.706. The zero-order valence-electron chi connectivity index (χ0n) is 20.8. The third-order valence-corrected chi connectivity index (χ3v) is 6.92. The molecule has 2 amide bonds. The Morgan fingerprint density at radius 1 is 1.11 bits per heavy atom. The van der Waals surface area contributed by atoms with Gasteiger partial charge in [0.25, 0.3) is 11.8 Å². The number of carbonyl (C=O) groups is 2. The number of rotatable bonds is 6. The fourth-order valence-electron chi connectivity index (χ4n) is 5.04. The maximum absolute atomic E-state index is 13.1. The molecule has 1 fully saturated rings. The van der Waals surface area contributed by atoms with Crippen LogP contribution in [0.4, 0.5) is 5.69 Å². The highest BCUT2D eigenvalue weighted by atomic mass is 16.5. The van der Waals surface area contributed by atoms with Crippen LogP contribution in [0.15, 0.2) is 65.7 Å². The molecule has 0 radical (unpaired) electrons. The minimum absolute atomic E-state index is 0.181. The van der Waals surface area contributed by atoms with Gasteiger partial charge in [-0.2, -0.15) is 0 Å². The number of nitrogens with one attached hydrogen (secondary N) is 1. The van der Waals surface area contributed by atoms with E-state index in [9.17, 15) is 14.7 Å². The van der Waals surface area contributed by atoms with Crippen LogP contribution in [0.1, 0.15) is 27.1 Å². The molecule has 9 nitrogen and oxygen atoms in total. The number of hydrogen-bond donors (Lipinski definition) is 2. The number of ether oxygens (including phenoxy) is 2. The molecule has 2 aliphatic heterocycles. The molecule has 2 N–H and O–H groups in total. The number of aliphatic hydroxyl groups is 1. The van der Waals surface area contributed by atoms with E-state index in [1.165, 1.54) is 7.11 Å². The summed E-state index contributed by atoms with van der Waals surface area (Å²) in [4.78, 5) is 36.9. The molecule has 3 aromatic carbocycles. The lowest BCUT2D eigenvalue weighted by atomic mass is 10.1. The molecular formula is C29H26N4O5. The SMILES string of the molecule is COc1cc2c(cc1OCCNC(=O)c1cccc3cc4ccccc4nc13)N=C[C@@H]1C[C@@H](O)CN1C2=O. The number of carbonyl (C=O) groups excluding carboxylic acids is 2. The summed E-state index contributed by atoms with van der Waals surface area (Å²) in [5.41, 5.74) is 2.85. The van der Waals surface area contributed by atoms with Gasteiger partial charge in [0.1, 0.15) is 6.61 Å². The van der Waals surface area contributed by atoms with E-state index in [1.54, 1.807) is 29.3 Å². The van der Waals surface area contributed by atoms with Crippen LogP contribution in [0.25, 0.3) is 21.8 Å². The van der Waals surface area contributed by atoms with Crippen molar-refractivity contribution >= 4 is 45.5 Å². The van der Waals surface area contributed by atoms with Crippen molar-refractivity contribution < 1.29 is 24.2 Å². The summed E-state index contributed by atoms with van der Waals surface area (Å²) in [5.74, 6) is 0.370. The highest BCUT2D eigenvalue weighted by Crippen LogP contribution is 2.38. The van der Waals surface area contributed by atoms with Gasteiger partial charge in [0.2, 0.25) is 0 Å². The summed E-state index contributed by atoms with van der Waals surface area (Å²) in [7, 11) is 1.50. The van der Waals surface area contributed by atoms with Crippen molar-refractivity contribution in [2.45, 2.75) is 18.6 Å². The molecule has 192 valence electrons. The predicted octanol–water partition coefficient (Wildman–Crippen LogP) is 3.50. The third-order valence-electron chi connectivity index (χ3n) is 6.92. The van der Waals surface area contributed by atoms with Crippen LogP contribution in [-0.2, 0) is 0 Å². The molecule has 0 aliphatic carbocycles. The maximum atomic E-state index is 13.1. The third kappa shape index (κ3) is 4.31. The topological polar surface area (TPSA) is 113 Å². The summed E-state index contributed by atoms with van der Waals surface area (Å²) in [6, 6.07) is 18.4. The monoisotopic (exact) mass is 510 g/mol. The molecule has 38 heavy (non-hydrogen) atoms. The summed E-state index contributed by atoms with van der Waals surface area (Å²) < 4.78 is 11.4. The van der Waals surface area contributed by atoms with E-state index in [0.717, 1.165) is 16.3 Å². The molecular weight excluding hydrogens is 484 g/mol. The quantitative estimate of drug-likeness (QED) is 0.303. The number of pyridine rings is 1. The van der Waals surface area contributed by atoms with Crippen molar-refractivity contribution in [2.24, 2.45) is 4.99 Å². The number of para-hydroxylation sites is 2. The molecule has 0 saturated carbocycles. The van der Waals surface area contributed by atoms with Crippen LogP contribution >= 0.6 is 0 Å². The number of aromatic nitrogens is 1. The van der Waals surface area contributed by atoms with Gasteiger partial charge in [0.05, 0.1) is 53.6 Å². The molecule has 3 heterocycles. The van der Waals surface area contributed by atoms with Gasteiger partial charge in [-0.1, -0.05) is 30.3 Å². The van der Waals surface area contributed by atoms with Crippen LogP contribution in [0.3, 0.4) is 0 Å². The highest BCUT2D eigenvalue weighted by molar-refractivity contribution is 6.07. The molecule has 1 saturated heterocycles. The van der Waals surface area contributed by atoms with E-state index in [-0.39, 0.29) is 37.6 Å². The molecule has 1 aromatic heterocycles. The predicted molar refractivity (Wildman–Crippen MR) is 144 cm³/mol. The average molecular weight is 511 g/mol. The van der Waals surface area contributed by atoms with Gasteiger partial charge in [0, 0.05) is 36.0 Å². The largest absolute Gasteiger partial charge is 0.493 e. The fourth-order valence-corrected chi connectivity index (χ4v) is 5.04. The van der Waals surface area contributed by atoms with Gasteiger partial charge < -0.3 is 24.8 Å². The number of nitrogens with zero attached hydrogens (tertiary/aromatic N) is 3. The Bertz CT molecular complexity index is 1600. The van der Waals surface area contributed by atoms with E-state index in [1.807, 2.05) is 42.5 Å². The second-order valence-electron chi connectivity index (χ2n) is 9.38. The standard InChI is InChI=1S/C29H26N4O5/c1-37-25-13-22-24(31-15-19-12-20(34)16-33(19)29(22)36)14-26(25)38-10-9-30-28(35)21-7-4-6-18-11-17-5-2-3-8-23(17)32-27(18)21/h2-8,11,13-15,19-20,34H,9-10,12,16H2,1H3,(H,30,35)/t19-,20+/m0/s1. The van der Waals surface area contributed by atoms with Gasteiger partial charge in [-0.15, -0.1) is 0 Å². The molecule has 2 aliphatic rings. The molecule has 0 bridgehead atoms. The van der Waals surface area contributed by atoms with Crippen molar-refractivity contribution in [2.75, 3.05) is 26.8 Å². The Balaban J connectivity index is 1.16. The van der Waals surface area contributed by atoms with Crippen LogP contribution in [0.2, 0.25) is 0 Å². The minimum Gasteiger partial charge on any atom is -0.493 e. The Hall–Kier alpha value is -4.50. The van der Waals surface area contributed by atoms with Crippen molar-refractivity contribution in [1.29, 1.82) is 0 Å². The number of amides is 2. The Kier molecular flexibility index (Phi) is 6.13. The molecule has 2 atom stereocenters. The van der Waals surface area contributed by atoms with Gasteiger partial charge in [-0.25, -0.2) is 4.98 Å². The van der Waals surface area contributed by atoms with E-state index < -0.39 is 6.10 Å². The van der Waals surface area contributed by atoms with E-state index >= 15 is 0 Å².